The molecule has 0 N–H and O–H groups in total. The molecule has 8 heteroatoms. The minimum atomic E-state index is -0.357. The molecular weight excluding hydrogens is 373 g/mol. The third-order valence-corrected chi connectivity index (χ3v) is 3.93. The Balaban J connectivity index is 1.54. The minimum Gasteiger partial charge on any atom is -0.486 e. The normalized spacial score (nSPS) is 10.9. The molecule has 0 fully saturated rings. The molecule has 4 rings (SSSR count). The summed E-state index contributed by atoms with van der Waals surface area (Å²) in [6.45, 7) is 1.86. The predicted molar refractivity (Wildman–Crippen MR) is 95.7 cm³/mol. The zero-order valence-electron chi connectivity index (χ0n) is 14.1. The van der Waals surface area contributed by atoms with Crippen LogP contribution in [0.4, 0.5) is 4.39 Å². The number of benzene rings is 2. The second-order valence-electron chi connectivity index (χ2n) is 5.73. The molecule has 4 aromatic rings. The van der Waals surface area contributed by atoms with Gasteiger partial charge in [0.2, 0.25) is 5.89 Å². The smallest absolute Gasteiger partial charge is 0.261 e. The van der Waals surface area contributed by atoms with Gasteiger partial charge in [0.05, 0.1) is 5.56 Å². The van der Waals surface area contributed by atoms with E-state index in [9.17, 15) is 4.39 Å². The van der Waals surface area contributed by atoms with Crippen LogP contribution in [0, 0.1) is 12.7 Å². The summed E-state index contributed by atoms with van der Waals surface area (Å²) in [5, 5.41) is 4.30. The van der Waals surface area contributed by atoms with Crippen molar-refractivity contribution in [3.63, 3.8) is 0 Å². The van der Waals surface area contributed by atoms with Crippen molar-refractivity contribution in [3.05, 3.63) is 71.1 Å². The number of aromatic nitrogens is 3. The fourth-order valence-corrected chi connectivity index (χ4v) is 2.65. The SMILES string of the molecule is Cc1noc(-c2cc(Cl)ccc2OCc2coc(-c3cccc(F)c3)n2)n1. The standard InChI is InChI=1S/C19H13ClFN3O3/c1-11-22-19(27-24-11)16-8-13(20)5-6-17(16)25-9-15-10-26-18(23-15)12-3-2-4-14(21)7-12/h2-8,10H,9H2,1H3. The van der Waals surface area contributed by atoms with Crippen LogP contribution in [-0.2, 0) is 6.61 Å². The third kappa shape index (κ3) is 3.83. The van der Waals surface area contributed by atoms with E-state index >= 15 is 0 Å². The van der Waals surface area contributed by atoms with Crippen LogP contribution < -0.4 is 4.74 Å². The summed E-state index contributed by atoms with van der Waals surface area (Å²) in [4.78, 5) is 8.53. The largest absolute Gasteiger partial charge is 0.486 e. The number of halogens is 2. The van der Waals surface area contributed by atoms with Crippen molar-refractivity contribution in [2.45, 2.75) is 13.5 Å². The second-order valence-corrected chi connectivity index (χ2v) is 6.17. The molecule has 0 saturated carbocycles. The molecule has 2 heterocycles. The van der Waals surface area contributed by atoms with E-state index in [-0.39, 0.29) is 12.4 Å². The van der Waals surface area contributed by atoms with Gasteiger partial charge in [0, 0.05) is 10.6 Å². The summed E-state index contributed by atoms with van der Waals surface area (Å²) >= 11 is 6.07. The molecule has 0 unspecified atom stereocenters. The molecule has 0 spiro atoms. The highest BCUT2D eigenvalue weighted by molar-refractivity contribution is 6.30. The van der Waals surface area contributed by atoms with E-state index in [1.165, 1.54) is 18.4 Å². The topological polar surface area (TPSA) is 74.2 Å². The monoisotopic (exact) mass is 385 g/mol. The first-order chi connectivity index (χ1) is 13.1. The molecule has 0 saturated heterocycles. The fourth-order valence-electron chi connectivity index (χ4n) is 2.48. The van der Waals surface area contributed by atoms with Gasteiger partial charge in [0.25, 0.3) is 5.89 Å². The summed E-state index contributed by atoms with van der Waals surface area (Å²) < 4.78 is 29.8. The summed E-state index contributed by atoms with van der Waals surface area (Å²) in [6.07, 6.45) is 1.46. The Hall–Kier alpha value is -3.19. The van der Waals surface area contributed by atoms with Crippen LogP contribution in [0.2, 0.25) is 5.02 Å². The fraction of sp³-hybridized carbons (Fsp3) is 0.105. The van der Waals surface area contributed by atoms with Gasteiger partial charge in [-0.15, -0.1) is 0 Å². The van der Waals surface area contributed by atoms with Crippen LogP contribution in [0.5, 0.6) is 5.75 Å². The summed E-state index contributed by atoms with van der Waals surface area (Å²) in [5.74, 6) is 1.29. The Morgan fingerprint density at radius 3 is 2.78 bits per heavy atom. The molecule has 0 bridgehead atoms. The zero-order valence-corrected chi connectivity index (χ0v) is 14.9. The van der Waals surface area contributed by atoms with Gasteiger partial charge in [-0.05, 0) is 43.3 Å². The van der Waals surface area contributed by atoms with E-state index in [0.717, 1.165) is 0 Å². The van der Waals surface area contributed by atoms with Gasteiger partial charge in [-0.2, -0.15) is 4.98 Å². The molecule has 2 aromatic heterocycles. The first-order valence-electron chi connectivity index (χ1n) is 8.02. The Morgan fingerprint density at radius 2 is 2.00 bits per heavy atom. The van der Waals surface area contributed by atoms with Crippen LogP contribution in [0.15, 0.2) is 57.7 Å². The van der Waals surface area contributed by atoms with Gasteiger partial charge in [-0.1, -0.05) is 22.8 Å². The van der Waals surface area contributed by atoms with Gasteiger partial charge in [0.1, 0.15) is 30.1 Å². The van der Waals surface area contributed by atoms with Gasteiger partial charge in [-0.25, -0.2) is 9.37 Å². The number of hydrogen-bond acceptors (Lipinski definition) is 6. The van der Waals surface area contributed by atoms with Crippen molar-refractivity contribution in [1.29, 1.82) is 0 Å². The summed E-state index contributed by atoms with van der Waals surface area (Å²) in [5.41, 5.74) is 1.68. The number of aryl methyl sites for hydroxylation is 1. The Bertz CT molecular complexity index is 1090. The molecule has 0 amide bonds. The van der Waals surface area contributed by atoms with Crippen LogP contribution in [-0.4, -0.2) is 15.1 Å². The van der Waals surface area contributed by atoms with Crippen molar-refractivity contribution < 1.29 is 18.1 Å². The van der Waals surface area contributed by atoms with Crippen molar-refractivity contribution in [2.75, 3.05) is 0 Å². The lowest BCUT2D eigenvalue weighted by atomic mass is 10.2. The maximum absolute atomic E-state index is 13.3. The first-order valence-corrected chi connectivity index (χ1v) is 8.39. The van der Waals surface area contributed by atoms with Crippen LogP contribution in [0.1, 0.15) is 11.5 Å². The average Bonchev–Trinajstić information content (AvgIpc) is 3.30. The molecule has 0 atom stereocenters. The third-order valence-electron chi connectivity index (χ3n) is 3.70. The van der Waals surface area contributed by atoms with Crippen molar-refractivity contribution >= 4 is 11.6 Å². The van der Waals surface area contributed by atoms with Crippen LogP contribution in [0.3, 0.4) is 0 Å². The van der Waals surface area contributed by atoms with Crippen molar-refractivity contribution in [1.82, 2.24) is 15.1 Å². The van der Waals surface area contributed by atoms with E-state index in [1.54, 1.807) is 37.3 Å². The highest BCUT2D eigenvalue weighted by atomic mass is 35.5. The van der Waals surface area contributed by atoms with E-state index in [4.69, 9.17) is 25.3 Å². The predicted octanol–water partition coefficient (Wildman–Crippen LogP) is 5.07. The number of oxazole rings is 1. The molecule has 27 heavy (non-hydrogen) atoms. The summed E-state index contributed by atoms with van der Waals surface area (Å²) in [6, 6.07) is 11.1. The van der Waals surface area contributed by atoms with Gasteiger partial charge in [-0.3, -0.25) is 0 Å². The number of hydrogen-bond donors (Lipinski definition) is 0. The van der Waals surface area contributed by atoms with E-state index in [2.05, 4.69) is 15.1 Å². The Kier molecular flexibility index (Phi) is 4.60. The maximum Gasteiger partial charge on any atom is 0.261 e. The number of rotatable bonds is 5. The quantitative estimate of drug-likeness (QED) is 0.477. The Morgan fingerprint density at radius 1 is 1.11 bits per heavy atom. The van der Waals surface area contributed by atoms with E-state index in [1.807, 2.05) is 0 Å². The number of nitrogens with zero attached hydrogens (tertiary/aromatic N) is 3. The van der Waals surface area contributed by atoms with Crippen LogP contribution in [0.25, 0.3) is 22.9 Å². The highest BCUT2D eigenvalue weighted by Gasteiger charge is 2.15. The van der Waals surface area contributed by atoms with Gasteiger partial charge >= 0.3 is 0 Å². The second kappa shape index (κ2) is 7.20. The van der Waals surface area contributed by atoms with Gasteiger partial charge < -0.3 is 13.7 Å². The first kappa shape index (κ1) is 17.2. The summed E-state index contributed by atoms with van der Waals surface area (Å²) in [7, 11) is 0. The molecule has 0 radical (unpaired) electrons. The van der Waals surface area contributed by atoms with Crippen molar-refractivity contribution in [3.8, 4) is 28.7 Å². The lowest BCUT2D eigenvalue weighted by molar-refractivity contribution is 0.300. The Labute approximate surface area is 158 Å². The van der Waals surface area contributed by atoms with E-state index < -0.39 is 0 Å². The molecule has 0 aliphatic carbocycles. The lowest BCUT2D eigenvalue weighted by Crippen LogP contribution is -1.98. The molecular formula is C19H13ClFN3O3. The lowest BCUT2D eigenvalue weighted by Gasteiger charge is -2.08. The molecule has 136 valence electrons. The zero-order chi connectivity index (χ0) is 18.8. The molecule has 6 nitrogen and oxygen atoms in total. The highest BCUT2D eigenvalue weighted by Crippen LogP contribution is 2.32. The van der Waals surface area contributed by atoms with E-state index in [0.29, 0.717) is 45.2 Å². The molecule has 0 aliphatic heterocycles. The molecule has 0 aliphatic rings. The molecule has 2 aromatic carbocycles. The number of ether oxygens (including phenoxy) is 1. The minimum absolute atomic E-state index is 0.139. The maximum atomic E-state index is 13.3. The van der Waals surface area contributed by atoms with Crippen molar-refractivity contribution in [2.24, 2.45) is 0 Å². The van der Waals surface area contributed by atoms with Gasteiger partial charge in [0.15, 0.2) is 5.82 Å². The van der Waals surface area contributed by atoms with Crippen LogP contribution >= 0.6 is 11.6 Å². The average molecular weight is 386 g/mol.